The molecule has 4 N–H and O–H groups in total. The van der Waals surface area contributed by atoms with E-state index in [1.807, 2.05) is 30.3 Å². The first kappa shape index (κ1) is 19.3. The van der Waals surface area contributed by atoms with Gasteiger partial charge in [-0.1, -0.05) is 54.1 Å². The Morgan fingerprint density at radius 2 is 1.86 bits per heavy atom. The van der Waals surface area contributed by atoms with Crippen molar-refractivity contribution in [2.45, 2.75) is 0 Å². The first-order valence-electron chi connectivity index (χ1n) is 8.50. The number of phenols is 1. The fourth-order valence-electron chi connectivity index (χ4n) is 2.60. The van der Waals surface area contributed by atoms with Crippen molar-refractivity contribution < 1.29 is 14.7 Å². The summed E-state index contributed by atoms with van der Waals surface area (Å²) in [6, 6.07) is 17.6. The van der Waals surface area contributed by atoms with E-state index in [0.717, 1.165) is 10.8 Å². The molecular formula is C21H18ClN3O3. The smallest absolute Gasteiger partial charge is 0.257 e. The van der Waals surface area contributed by atoms with Crippen LogP contribution in [0.1, 0.15) is 15.9 Å². The van der Waals surface area contributed by atoms with E-state index in [0.29, 0.717) is 16.1 Å². The zero-order valence-corrected chi connectivity index (χ0v) is 15.5. The number of benzene rings is 3. The minimum Gasteiger partial charge on any atom is -0.507 e. The number of rotatable bonds is 6. The number of phenolic OH excluding ortho intramolecular Hbond substituents is 1. The molecule has 0 fully saturated rings. The third-order valence-corrected chi connectivity index (χ3v) is 4.22. The Morgan fingerprint density at radius 1 is 1.04 bits per heavy atom. The average Bonchev–Trinajstić information content (AvgIpc) is 2.71. The fraction of sp³-hybridized carbons (Fsp3) is 0.0476. The van der Waals surface area contributed by atoms with Crippen LogP contribution in [0.15, 0.2) is 66.9 Å². The van der Waals surface area contributed by atoms with Crippen LogP contribution in [-0.4, -0.2) is 23.5 Å². The number of fused-ring (bicyclic) bond motifs is 1. The molecular weight excluding hydrogens is 378 g/mol. The number of hydrazine groups is 1. The normalized spacial score (nSPS) is 10.8. The number of amides is 2. The van der Waals surface area contributed by atoms with Gasteiger partial charge in [0.15, 0.2) is 0 Å². The molecule has 3 aromatic carbocycles. The van der Waals surface area contributed by atoms with Crippen molar-refractivity contribution in [1.82, 2.24) is 16.2 Å². The second kappa shape index (κ2) is 8.92. The molecule has 28 heavy (non-hydrogen) atoms. The van der Waals surface area contributed by atoms with E-state index in [4.69, 9.17) is 11.6 Å². The van der Waals surface area contributed by atoms with E-state index < -0.39 is 11.8 Å². The van der Waals surface area contributed by atoms with Gasteiger partial charge < -0.3 is 15.8 Å². The number of aromatic hydroxyl groups is 1. The first-order chi connectivity index (χ1) is 13.5. The maximum absolute atomic E-state index is 11.9. The second-order valence-electron chi connectivity index (χ2n) is 5.94. The topological polar surface area (TPSA) is 90.5 Å². The van der Waals surface area contributed by atoms with Crippen LogP contribution in [0.3, 0.4) is 0 Å². The van der Waals surface area contributed by atoms with Gasteiger partial charge in [0.1, 0.15) is 5.75 Å². The average molecular weight is 396 g/mol. The molecule has 0 aliphatic heterocycles. The van der Waals surface area contributed by atoms with Crippen LogP contribution >= 0.6 is 11.6 Å². The SMILES string of the molecule is O=C(CNC(=O)c1cccc(Cl)c1)NN/C=C/c1ccc2ccccc2c1O. The largest absolute Gasteiger partial charge is 0.507 e. The molecule has 0 aliphatic carbocycles. The van der Waals surface area contributed by atoms with Gasteiger partial charge in [-0.2, -0.15) is 0 Å². The molecule has 0 saturated heterocycles. The molecule has 3 aromatic rings. The van der Waals surface area contributed by atoms with E-state index in [2.05, 4.69) is 16.2 Å². The molecule has 0 spiro atoms. The zero-order valence-electron chi connectivity index (χ0n) is 14.8. The van der Waals surface area contributed by atoms with E-state index in [1.54, 1.807) is 30.3 Å². The van der Waals surface area contributed by atoms with Crippen LogP contribution in [0.4, 0.5) is 0 Å². The van der Waals surface area contributed by atoms with Gasteiger partial charge in [-0.3, -0.25) is 15.0 Å². The van der Waals surface area contributed by atoms with Gasteiger partial charge in [0.2, 0.25) is 0 Å². The van der Waals surface area contributed by atoms with Crippen molar-refractivity contribution in [2.75, 3.05) is 6.54 Å². The second-order valence-corrected chi connectivity index (χ2v) is 6.38. The third-order valence-electron chi connectivity index (χ3n) is 3.99. The Hall–Kier alpha value is -3.51. The Kier molecular flexibility index (Phi) is 6.14. The molecule has 6 nitrogen and oxygen atoms in total. The summed E-state index contributed by atoms with van der Waals surface area (Å²) in [6.07, 6.45) is 3.12. The highest BCUT2D eigenvalue weighted by molar-refractivity contribution is 6.31. The fourth-order valence-corrected chi connectivity index (χ4v) is 2.79. The summed E-state index contributed by atoms with van der Waals surface area (Å²) in [4.78, 5) is 23.8. The number of carbonyl (C=O) groups excluding carboxylic acids is 2. The van der Waals surface area contributed by atoms with Crippen LogP contribution in [0.5, 0.6) is 5.75 Å². The van der Waals surface area contributed by atoms with Crippen molar-refractivity contribution in [3.8, 4) is 5.75 Å². The number of halogens is 1. The lowest BCUT2D eigenvalue weighted by atomic mass is 10.1. The Morgan fingerprint density at radius 3 is 2.68 bits per heavy atom. The van der Waals surface area contributed by atoms with Crippen LogP contribution < -0.4 is 16.2 Å². The van der Waals surface area contributed by atoms with Gasteiger partial charge in [-0.05, 0) is 29.7 Å². The van der Waals surface area contributed by atoms with Gasteiger partial charge >= 0.3 is 0 Å². The summed E-state index contributed by atoms with van der Waals surface area (Å²) in [6.45, 7) is -0.201. The zero-order chi connectivity index (χ0) is 19.9. The van der Waals surface area contributed by atoms with Gasteiger partial charge in [0.05, 0.1) is 6.54 Å². The number of hydrogen-bond acceptors (Lipinski definition) is 4. The third kappa shape index (κ3) is 4.81. The molecule has 0 heterocycles. The van der Waals surface area contributed by atoms with Gasteiger partial charge in [-0.25, -0.2) is 0 Å². The van der Waals surface area contributed by atoms with Crippen molar-refractivity contribution >= 4 is 40.3 Å². The molecule has 0 saturated carbocycles. The number of nitrogens with one attached hydrogen (secondary N) is 3. The van der Waals surface area contributed by atoms with Crippen LogP contribution in [0, 0.1) is 0 Å². The van der Waals surface area contributed by atoms with E-state index >= 15 is 0 Å². The highest BCUT2D eigenvalue weighted by Gasteiger charge is 2.08. The predicted molar refractivity (Wildman–Crippen MR) is 110 cm³/mol. The molecule has 0 unspecified atom stereocenters. The Bertz CT molecular complexity index is 1050. The van der Waals surface area contributed by atoms with Crippen molar-refractivity contribution in [3.63, 3.8) is 0 Å². The van der Waals surface area contributed by atoms with Crippen LogP contribution in [-0.2, 0) is 4.79 Å². The molecule has 0 aromatic heterocycles. The lowest BCUT2D eigenvalue weighted by Gasteiger charge is -2.07. The lowest BCUT2D eigenvalue weighted by Crippen LogP contribution is -2.41. The van der Waals surface area contributed by atoms with Crippen molar-refractivity contribution in [2.24, 2.45) is 0 Å². The maximum Gasteiger partial charge on any atom is 0.257 e. The van der Waals surface area contributed by atoms with Crippen LogP contribution in [0.2, 0.25) is 5.02 Å². The highest BCUT2D eigenvalue weighted by atomic mass is 35.5. The Labute approximate surface area is 166 Å². The summed E-state index contributed by atoms with van der Waals surface area (Å²) < 4.78 is 0. The standard InChI is InChI=1S/C21H18ClN3O3/c22-17-6-3-5-16(12-17)21(28)23-13-19(26)25-24-11-10-15-9-8-14-4-1-2-7-18(14)20(15)27/h1-12,24,27H,13H2,(H,23,28)(H,25,26)/b11-10+. The predicted octanol–water partition coefficient (Wildman–Crippen LogP) is 3.22. The molecule has 0 aliphatic rings. The quantitative estimate of drug-likeness (QED) is 0.482. The Balaban J connectivity index is 1.49. The highest BCUT2D eigenvalue weighted by Crippen LogP contribution is 2.29. The van der Waals surface area contributed by atoms with E-state index in [-0.39, 0.29) is 12.3 Å². The minimum absolute atomic E-state index is 0.163. The molecule has 0 atom stereocenters. The van der Waals surface area contributed by atoms with E-state index in [1.165, 1.54) is 12.3 Å². The molecule has 2 amide bonds. The number of carbonyl (C=O) groups is 2. The molecule has 3 rings (SSSR count). The molecule has 7 heteroatoms. The van der Waals surface area contributed by atoms with Gasteiger partial charge in [0, 0.05) is 27.7 Å². The summed E-state index contributed by atoms with van der Waals surface area (Å²) in [5.74, 6) is -0.659. The van der Waals surface area contributed by atoms with Crippen molar-refractivity contribution in [1.29, 1.82) is 0 Å². The summed E-state index contributed by atoms with van der Waals surface area (Å²) in [7, 11) is 0. The van der Waals surface area contributed by atoms with Crippen LogP contribution in [0.25, 0.3) is 16.8 Å². The summed E-state index contributed by atoms with van der Waals surface area (Å²) in [5, 5.41) is 14.9. The first-order valence-corrected chi connectivity index (χ1v) is 8.88. The number of hydrogen-bond donors (Lipinski definition) is 4. The van der Waals surface area contributed by atoms with E-state index in [9.17, 15) is 14.7 Å². The molecule has 0 radical (unpaired) electrons. The summed E-state index contributed by atoms with van der Waals surface area (Å²) >= 11 is 5.84. The van der Waals surface area contributed by atoms with Gasteiger partial charge in [-0.15, -0.1) is 0 Å². The molecule has 142 valence electrons. The lowest BCUT2D eigenvalue weighted by molar-refractivity contribution is -0.120. The maximum atomic E-state index is 11.9. The monoisotopic (exact) mass is 395 g/mol. The summed E-state index contributed by atoms with van der Waals surface area (Å²) in [5.41, 5.74) is 6.03. The minimum atomic E-state index is -0.428. The molecule has 0 bridgehead atoms. The van der Waals surface area contributed by atoms with Gasteiger partial charge in [0.25, 0.3) is 11.8 Å². The van der Waals surface area contributed by atoms with Crippen molar-refractivity contribution in [3.05, 3.63) is 83.0 Å².